The van der Waals surface area contributed by atoms with Crippen LogP contribution in [0.5, 0.6) is 0 Å². The number of hydrogen-bond acceptors (Lipinski definition) is 1. The smallest absolute Gasteiger partial charge is 0.244 e. The highest BCUT2D eigenvalue weighted by Gasteiger charge is 2.09. The Morgan fingerprint density at radius 2 is 2.23 bits per heavy atom. The van der Waals surface area contributed by atoms with Crippen molar-refractivity contribution in [1.29, 1.82) is 0 Å². The third-order valence-electron chi connectivity index (χ3n) is 2.20. The molecule has 1 rings (SSSR count). The molecule has 1 N–H and O–H groups in total. The molecule has 1 saturated carbocycles. The maximum Gasteiger partial charge on any atom is 0.244 e. The number of rotatable bonds is 3. The Morgan fingerprint density at radius 3 is 2.77 bits per heavy atom. The zero-order valence-electron chi connectivity index (χ0n) is 7.98. The van der Waals surface area contributed by atoms with Crippen LogP contribution in [0.1, 0.15) is 32.6 Å². The van der Waals surface area contributed by atoms with Gasteiger partial charge in [-0.15, -0.1) is 0 Å². The zero-order valence-corrected chi connectivity index (χ0v) is 7.98. The fraction of sp³-hybridized carbons (Fsp3) is 0.700. The van der Waals surface area contributed by atoms with Crippen molar-refractivity contribution in [3.8, 4) is 0 Å². The predicted molar refractivity (Wildman–Crippen MR) is 50.1 cm³/mol. The molecule has 0 heterocycles. The highest BCUT2D eigenvalue weighted by Crippen LogP contribution is 2.23. The first-order chi connectivity index (χ1) is 6.22. The van der Waals surface area contributed by atoms with Crippen molar-refractivity contribution in [2.24, 2.45) is 0 Å². The average molecular weight is 185 g/mol. The van der Waals surface area contributed by atoms with Gasteiger partial charge in [-0.1, -0.05) is 5.57 Å². The molecule has 2 nitrogen and oxygen atoms in total. The molecule has 0 radical (unpaired) electrons. The van der Waals surface area contributed by atoms with Crippen molar-refractivity contribution >= 4 is 5.91 Å². The highest BCUT2D eigenvalue weighted by molar-refractivity contribution is 5.88. The Bertz CT molecular complexity index is 205. The summed E-state index contributed by atoms with van der Waals surface area (Å²) in [4.78, 5) is 11.2. The van der Waals surface area contributed by atoms with E-state index in [1.165, 1.54) is 18.4 Å². The van der Waals surface area contributed by atoms with Gasteiger partial charge in [-0.05, 0) is 32.6 Å². The molecule has 1 aliphatic carbocycles. The first kappa shape index (κ1) is 10.2. The second-order valence-electron chi connectivity index (χ2n) is 3.57. The molecule has 1 aliphatic rings. The van der Waals surface area contributed by atoms with E-state index in [1.807, 2.05) is 0 Å². The summed E-state index contributed by atoms with van der Waals surface area (Å²) in [5.74, 6) is -0.151. The third kappa shape index (κ3) is 3.57. The minimum Gasteiger partial charge on any atom is -0.347 e. The van der Waals surface area contributed by atoms with E-state index < -0.39 is 6.67 Å². The molecule has 1 amide bonds. The fourth-order valence-electron chi connectivity index (χ4n) is 1.48. The van der Waals surface area contributed by atoms with Crippen LogP contribution >= 0.6 is 0 Å². The number of halogens is 1. The predicted octanol–water partition coefficient (Wildman–Crippen LogP) is 1.96. The van der Waals surface area contributed by atoms with Gasteiger partial charge < -0.3 is 5.32 Å². The molecule has 0 aromatic heterocycles. The number of allylic oxidation sites excluding steroid dienone is 1. The van der Waals surface area contributed by atoms with Gasteiger partial charge in [0.25, 0.3) is 0 Å². The summed E-state index contributed by atoms with van der Waals surface area (Å²) in [5.41, 5.74) is 1.20. The van der Waals surface area contributed by atoms with E-state index in [-0.39, 0.29) is 11.9 Å². The van der Waals surface area contributed by atoms with Gasteiger partial charge in [0.1, 0.15) is 6.67 Å². The zero-order chi connectivity index (χ0) is 9.68. The number of carbonyl (C=O) groups excluding carboxylic acids is 1. The van der Waals surface area contributed by atoms with Crippen LogP contribution in [0, 0.1) is 0 Å². The normalized spacial score (nSPS) is 18.5. The van der Waals surface area contributed by atoms with Gasteiger partial charge in [0.2, 0.25) is 5.91 Å². The molecule has 1 atom stereocenters. The van der Waals surface area contributed by atoms with Crippen molar-refractivity contribution in [2.45, 2.75) is 38.6 Å². The molecule has 0 spiro atoms. The molecule has 1 unspecified atom stereocenters. The van der Waals surface area contributed by atoms with E-state index in [0.29, 0.717) is 0 Å². The van der Waals surface area contributed by atoms with Gasteiger partial charge in [0, 0.05) is 6.08 Å². The standard InChI is InChI=1S/C10H16FNO/c1-8(7-11)12-10(13)6-9-4-2-3-5-9/h6,8H,2-5,7H2,1H3,(H,12,13). The molecule has 74 valence electrons. The van der Waals surface area contributed by atoms with E-state index >= 15 is 0 Å². The van der Waals surface area contributed by atoms with E-state index in [0.717, 1.165) is 12.8 Å². The van der Waals surface area contributed by atoms with Gasteiger partial charge >= 0.3 is 0 Å². The van der Waals surface area contributed by atoms with Crippen LogP contribution in [-0.2, 0) is 4.79 Å². The Balaban J connectivity index is 2.35. The number of nitrogens with one attached hydrogen (secondary N) is 1. The molecule has 0 saturated heterocycles. The summed E-state index contributed by atoms with van der Waals surface area (Å²) in [5, 5.41) is 2.57. The summed E-state index contributed by atoms with van der Waals surface area (Å²) in [6, 6.07) is -0.370. The van der Waals surface area contributed by atoms with Crippen LogP contribution in [0.3, 0.4) is 0 Å². The van der Waals surface area contributed by atoms with Gasteiger partial charge in [0.05, 0.1) is 6.04 Å². The van der Waals surface area contributed by atoms with Crippen molar-refractivity contribution in [1.82, 2.24) is 5.32 Å². The summed E-state index contributed by atoms with van der Waals surface area (Å²) in [6.45, 7) is 1.15. The lowest BCUT2D eigenvalue weighted by molar-refractivity contribution is -0.117. The monoisotopic (exact) mass is 185 g/mol. The lowest BCUT2D eigenvalue weighted by Crippen LogP contribution is -2.32. The topological polar surface area (TPSA) is 29.1 Å². The molecular weight excluding hydrogens is 169 g/mol. The van der Waals surface area contributed by atoms with E-state index in [4.69, 9.17) is 0 Å². The van der Waals surface area contributed by atoms with Crippen molar-refractivity contribution in [3.05, 3.63) is 11.6 Å². The minimum atomic E-state index is -0.505. The number of carbonyl (C=O) groups is 1. The first-order valence-corrected chi connectivity index (χ1v) is 4.78. The Labute approximate surface area is 78.2 Å². The van der Waals surface area contributed by atoms with E-state index in [1.54, 1.807) is 13.0 Å². The Morgan fingerprint density at radius 1 is 1.62 bits per heavy atom. The third-order valence-corrected chi connectivity index (χ3v) is 2.20. The molecule has 0 aromatic rings. The lowest BCUT2D eigenvalue weighted by atomic mass is 10.2. The molecular formula is C10H16FNO. The quantitative estimate of drug-likeness (QED) is 0.669. The van der Waals surface area contributed by atoms with Crippen molar-refractivity contribution in [3.63, 3.8) is 0 Å². The second kappa shape index (κ2) is 5.00. The number of amides is 1. The molecule has 0 aliphatic heterocycles. The Hall–Kier alpha value is -0.860. The largest absolute Gasteiger partial charge is 0.347 e. The molecule has 3 heteroatoms. The minimum absolute atomic E-state index is 0.151. The van der Waals surface area contributed by atoms with Gasteiger partial charge in [-0.25, -0.2) is 4.39 Å². The molecule has 0 aromatic carbocycles. The number of alkyl halides is 1. The summed E-state index contributed by atoms with van der Waals surface area (Å²) < 4.78 is 12.0. The van der Waals surface area contributed by atoms with Gasteiger partial charge in [-0.3, -0.25) is 4.79 Å². The maximum atomic E-state index is 12.0. The lowest BCUT2D eigenvalue weighted by Gasteiger charge is -2.07. The maximum absolute atomic E-state index is 12.0. The fourth-order valence-corrected chi connectivity index (χ4v) is 1.48. The average Bonchev–Trinajstić information content (AvgIpc) is 2.56. The highest BCUT2D eigenvalue weighted by atomic mass is 19.1. The second-order valence-corrected chi connectivity index (χ2v) is 3.57. The molecule has 0 bridgehead atoms. The SMILES string of the molecule is CC(CF)NC(=O)C=C1CCCC1. The van der Waals surface area contributed by atoms with Crippen LogP contribution in [0.25, 0.3) is 0 Å². The first-order valence-electron chi connectivity index (χ1n) is 4.78. The molecule has 13 heavy (non-hydrogen) atoms. The van der Waals surface area contributed by atoms with Crippen LogP contribution < -0.4 is 5.32 Å². The van der Waals surface area contributed by atoms with Crippen LogP contribution in [-0.4, -0.2) is 18.6 Å². The number of hydrogen-bond donors (Lipinski definition) is 1. The van der Waals surface area contributed by atoms with Crippen LogP contribution in [0.4, 0.5) is 4.39 Å². The van der Waals surface area contributed by atoms with Crippen molar-refractivity contribution in [2.75, 3.05) is 6.67 Å². The van der Waals surface area contributed by atoms with Gasteiger partial charge in [0.15, 0.2) is 0 Å². The summed E-state index contributed by atoms with van der Waals surface area (Å²) in [7, 11) is 0. The summed E-state index contributed by atoms with van der Waals surface area (Å²) >= 11 is 0. The van der Waals surface area contributed by atoms with E-state index in [2.05, 4.69) is 5.32 Å². The Kier molecular flexibility index (Phi) is 3.93. The van der Waals surface area contributed by atoms with Crippen LogP contribution in [0.15, 0.2) is 11.6 Å². The molecule has 1 fully saturated rings. The van der Waals surface area contributed by atoms with Gasteiger partial charge in [-0.2, -0.15) is 0 Å². The van der Waals surface area contributed by atoms with Crippen LogP contribution in [0.2, 0.25) is 0 Å². The van der Waals surface area contributed by atoms with Crippen molar-refractivity contribution < 1.29 is 9.18 Å². The van der Waals surface area contributed by atoms with E-state index in [9.17, 15) is 9.18 Å². The summed E-state index contributed by atoms with van der Waals surface area (Å²) in [6.07, 6.45) is 6.03.